The van der Waals surface area contributed by atoms with Crippen LogP contribution in [0.4, 0.5) is 0 Å². The van der Waals surface area contributed by atoms with Crippen molar-refractivity contribution >= 4 is 18.1 Å². The molecule has 0 fully saturated rings. The number of aromatic nitrogens is 1. The molecule has 1 aromatic heterocycles. The van der Waals surface area contributed by atoms with E-state index >= 15 is 0 Å². The number of carbonyl (C=O) groups is 1. The number of benzene rings is 2. The Morgan fingerprint density at radius 1 is 0.963 bits per heavy atom. The molecule has 1 amide bonds. The number of pyridine rings is 1. The average Bonchev–Trinajstić information content (AvgIpc) is 2.72. The van der Waals surface area contributed by atoms with Crippen LogP contribution in [0.2, 0.25) is 0 Å². The van der Waals surface area contributed by atoms with Gasteiger partial charge in [-0.25, -0.2) is 0 Å². The van der Waals surface area contributed by atoms with Crippen molar-refractivity contribution in [3.8, 4) is 0 Å². The topological polar surface area (TPSA) is 44.9 Å². The number of aromatic amines is 1. The van der Waals surface area contributed by atoms with Gasteiger partial charge >= 0.3 is 0 Å². The molecule has 1 heterocycles. The summed E-state index contributed by atoms with van der Waals surface area (Å²) in [4.78, 5) is 15.5. The molecule has 2 N–H and O–H groups in total. The van der Waals surface area contributed by atoms with Crippen LogP contribution in [0, 0.1) is 10.6 Å². The molecule has 3 aliphatic carbocycles. The summed E-state index contributed by atoms with van der Waals surface area (Å²) in [7, 11) is 0. The van der Waals surface area contributed by atoms with Gasteiger partial charge in [0.05, 0.1) is 5.56 Å². The van der Waals surface area contributed by atoms with Crippen LogP contribution in [-0.4, -0.2) is 17.4 Å². The second-order valence-corrected chi connectivity index (χ2v) is 7.82. The number of fused-ring (bicyclic) bond motifs is 1. The Kier molecular flexibility index (Phi) is 3.94. The number of H-pyrrole nitrogens is 1. The zero-order valence-electron chi connectivity index (χ0n) is 14.8. The molecule has 0 saturated heterocycles. The molecule has 2 aromatic carbocycles. The fraction of sp³-hybridized carbons (Fsp3) is 0.217. The quantitative estimate of drug-likeness (QED) is 0.651. The molecule has 3 nitrogen and oxygen atoms in total. The van der Waals surface area contributed by atoms with Gasteiger partial charge in [-0.15, -0.1) is 0 Å². The maximum Gasteiger partial charge on any atom is 0.254 e. The lowest BCUT2D eigenvalue weighted by Crippen LogP contribution is -2.39. The fourth-order valence-corrected chi connectivity index (χ4v) is 5.11. The smallest absolute Gasteiger partial charge is 0.254 e. The van der Waals surface area contributed by atoms with Gasteiger partial charge in [-0.1, -0.05) is 60.7 Å². The minimum Gasteiger partial charge on any atom is -0.352 e. The van der Waals surface area contributed by atoms with Gasteiger partial charge in [-0.05, 0) is 46.7 Å². The lowest BCUT2D eigenvalue weighted by atomic mass is 9.59. The lowest BCUT2D eigenvalue weighted by Gasteiger charge is -2.45. The van der Waals surface area contributed by atoms with Gasteiger partial charge in [0.1, 0.15) is 4.64 Å². The number of carbonyl (C=O) groups excluding carboxylic acids is 1. The molecule has 0 aliphatic heterocycles. The van der Waals surface area contributed by atoms with Crippen molar-refractivity contribution < 1.29 is 4.79 Å². The molecule has 1 unspecified atom stereocenters. The summed E-state index contributed by atoms with van der Waals surface area (Å²) in [6.45, 7) is 0.659. The van der Waals surface area contributed by atoms with Crippen molar-refractivity contribution in [2.75, 3.05) is 6.54 Å². The first-order valence-corrected chi connectivity index (χ1v) is 9.78. The van der Waals surface area contributed by atoms with Gasteiger partial charge in [-0.3, -0.25) is 4.79 Å². The van der Waals surface area contributed by atoms with Crippen LogP contribution in [0.5, 0.6) is 0 Å². The Balaban J connectivity index is 1.45. The maximum absolute atomic E-state index is 12.6. The van der Waals surface area contributed by atoms with Crippen molar-refractivity contribution in [3.05, 3.63) is 99.3 Å². The third-order valence-electron chi connectivity index (χ3n) is 6.01. The molecule has 2 bridgehead atoms. The summed E-state index contributed by atoms with van der Waals surface area (Å²) < 4.78 is 0.482. The second-order valence-electron chi connectivity index (χ2n) is 7.41. The van der Waals surface area contributed by atoms with Crippen molar-refractivity contribution in [1.82, 2.24) is 10.3 Å². The monoisotopic (exact) mass is 372 g/mol. The van der Waals surface area contributed by atoms with Crippen LogP contribution >= 0.6 is 12.2 Å². The largest absolute Gasteiger partial charge is 0.352 e. The summed E-state index contributed by atoms with van der Waals surface area (Å²) in [5, 5.41) is 3.13. The van der Waals surface area contributed by atoms with E-state index in [1.165, 1.54) is 22.3 Å². The van der Waals surface area contributed by atoms with Crippen LogP contribution in [0.25, 0.3) is 0 Å². The molecule has 27 heavy (non-hydrogen) atoms. The zero-order valence-corrected chi connectivity index (χ0v) is 15.6. The number of rotatable bonds is 3. The zero-order chi connectivity index (χ0) is 18.4. The normalized spacial score (nSPS) is 22.0. The van der Waals surface area contributed by atoms with Crippen molar-refractivity contribution in [2.45, 2.75) is 18.3 Å². The van der Waals surface area contributed by atoms with E-state index in [-0.39, 0.29) is 5.91 Å². The highest BCUT2D eigenvalue weighted by atomic mass is 32.1. The van der Waals surface area contributed by atoms with E-state index in [1.54, 1.807) is 18.3 Å². The molecule has 0 radical (unpaired) electrons. The predicted octanol–water partition coefficient (Wildman–Crippen LogP) is 4.77. The average molecular weight is 372 g/mol. The first kappa shape index (κ1) is 16.5. The summed E-state index contributed by atoms with van der Waals surface area (Å²) >= 11 is 5.24. The first-order chi connectivity index (χ1) is 13.2. The van der Waals surface area contributed by atoms with Crippen molar-refractivity contribution in [2.24, 2.45) is 5.92 Å². The van der Waals surface area contributed by atoms with Crippen molar-refractivity contribution in [1.29, 1.82) is 0 Å². The van der Waals surface area contributed by atoms with Crippen LogP contribution in [0.3, 0.4) is 0 Å². The highest BCUT2D eigenvalue weighted by Crippen LogP contribution is 2.55. The minimum absolute atomic E-state index is 0.0973. The molecule has 3 aromatic rings. The lowest BCUT2D eigenvalue weighted by molar-refractivity contribution is 0.0942. The highest BCUT2D eigenvalue weighted by Gasteiger charge is 2.42. The van der Waals surface area contributed by atoms with Crippen LogP contribution < -0.4 is 5.32 Å². The Hall–Kier alpha value is -2.72. The summed E-state index contributed by atoms with van der Waals surface area (Å²) in [6.07, 6.45) is 2.81. The molecule has 0 saturated carbocycles. The van der Waals surface area contributed by atoms with Gasteiger partial charge in [0.2, 0.25) is 0 Å². The highest BCUT2D eigenvalue weighted by molar-refractivity contribution is 7.71. The Bertz CT molecular complexity index is 1040. The molecule has 6 rings (SSSR count). The molecule has 4 heteroatoms. The third kappa shape index (κ3) is 2.63. The van der Waals surface area contributed by atoms with Crippen LogP contribution in [-0.2, 0) is 0 Å². The summed E-state index contributed by atoms with van der Waals surface area (Å²) in [5.41, 5.74) is 6.28. The predicted molar refractivity (Wildman–Crippen MR) is 109 cm³/mol. The van der Waals surface area contributed by atoms with Crippen LogP contribution in [0.15, 0.2) is 66.9 Å². The molecular formula is C23H20N2OS. The SMILES string of the molecule is O=C(NCC1CC2c3ccccc3C1c1ccccc12)c1ccc[nH]c1=S. The van der Waals surface area contributed by atoms with E-state index in [2.05, 4.69) is 58.8 Å². The van der Waals surface area contributed by atoms with Gasteiger partial charge in [0.15, 0.2) is 0 Å². The Morgan fingerprint density at radius 3 is 2.22 bits per heavy atom. The second kappa shape index (κ2) is 6.46. The van der Waals surface area contributed by atoms with Crippen molar-refractivity contribution in [3.63, 3.8) is 0 Å². The van der Waals surface area contributed by atoms with Gasteiger partial charge in [-0.2, -0.15) is 0 Å². The minimum atomic E-state index is -0.0973. The maximum atomic E-state index is 12.6. The Morgan fingerprint density at radius 2 is 1.59 bits per heavy atom. The van der Waals surface area contributed by atoms with E-state index in [1.807, 2.05) is 0 Å². The first-order valence-electron chi connectivity index (χ1n) is 9.37. The van der Waals surface area contributed by atoms with Gasteiger partial charge < -0.3 is 10.3 Å². The fourth-order valence-electron chi connectivity index (χ4n) is 4.88. The number of amides is 1. The third-order valence-corrected chi connectivity index (χ3v) is 6.35. The standard InChI is InChI=1S/C23H20N2OS/c26-22(19-10-5-11-24-23(19)27)25-13-14-12-20-15-6-1-3-8-17(15)21(14)18-9-4-2-7-16(18)20/h1-11,14,20-21H,12-13H2,(H,24,27)(H,25,26). The molecule has 134 valence electrons. The van der Waals surface area contributed by atoms with Gasteiger partial charge in [0.25, 0.3) is 5.91 Å². The van der Waals surface area contributed by atoms with E-state index in [0.717, 1.165) is 6.42 Å². The molecule has 1 atom stereocenters. The van der Waals surface area contributed by atoms with E-state index < -0.39 is 0 Å². The van der Waals surface area contributed by atoms with E-state index in [0.29, 0.717) is 34.5 Å². The molecule has 3 aliphatic rings. The number of hydrogen-bond donors (Lipinski definition) is 2. The van der Waals surface area contributed by atoms with E-state index in [9.17, 15) is 4.79 Å². The van der Waals surface area contributed by atoms with E-state index in [4.69, 9.17) is 12.2 Å². The number of nitrogens with one attached hydrogen (secondary N) is 2. The van der Waals surface area contributed by atoms with Crippen LogP contribution in [0.1, 0.15) is 50.9 Å². The van der Waals surface area contributed by atoms with Gasteiger partial charge in [0, 0.05) is 24.6 Å². The molecule has 0 spiro atoms. The summed E-state index contributed by atoms with van der Waals surface area (Å²) in [6, 6.07) is 21.1. The molecular weight excluding hydrogens is 352 g/mol. The summed E-state index contributed by atoms with van der Waals surface area (Å²) in [5.74, 6) is 1.06. The number of hydrogen-bond acceptors (Lipinski definition) is 2. The Labute approximate surface area is 163 Å².